The molecule has 3 heterocycles. The first-order valence-corrected chi connectivity index (χ1v) is 9.48. The van der Waals surface area contributed by atoms with Gasteiger partial charge in [0.25, 0.3) is 0 Å². The maximum atomic E-state index is 5.65. The highest BCUT2D eigenvalue weighted by Crippen LogP contribution is 2.34. The van der Waals surface area contributed by atoms with Gasteiger partial charge in [0.15, 0.2) is 0 Å². The molecule has 1 saturated heterocycles. The van der Waals surface area contributed by atoms with E-state index >= 15 is 0 Å². The Bertz CT molecular complexity index is 696. The van der Waals surface area contributed by atoms with Crippen LogP contribution in [0.2, 0.25) is 0 Å². The lowest BCUT2D eigenvalue weighted by atomic mass is 10.2. The number of likely N-dealkylation sites (tertiary alicyclic amines) is 1. The van der Waals surface area contributed by atoms with Crippen LogP contribution in [0.15, 0.2) is 12.3 Å². The first-order chi connectivity index (χ1) is 12.1. The third-order valence-electron chi connectivity index (χ3n) is 5.89. The second kappa shape index (κ2) is 6.92. The van der Waals surface area contributed by atoms with Crippen LogP contribution in [-0.4, -0.2) is 44.4 Å². The van der Waals surface area contributed by atoms with E-state index in [2.05, 4.69) is 40.7 Å². The van der Waals surface area contributed by atoms with Crippen molar-refractivity contribution in [3.63, 3.8) is 0 Å². The summed E-state index contributed by atoms with van der Waals surface area (Å²) in [6, 6.07) is 3.05. The number of nitrogens with one attached hydrogen (secondary N) is 1. The SMILES string of the molecule is CO[C@@H]1C[C@@H](c2nc(C)c(C)[nH]2)N(Cc2ccn(C3CCCC3)n2)C1. The molecule has 25 heavy (non-hydrogen) atoms. The van der Waals surface area contributed by atoms with Gasteiger partial charge in [0.2, 0.25) is 0 Å². The van der Waals surface area contributed by atoms with Gasteiger partial charge in [-0.3, -0.25) is 9.58 Å². The van der Waals surface area contributed by atoms with E-state index in [1.165, 1.54) is 25.7 Å². The fourth-order valence-electron chi connectivity index (χ4n) is 4.27. The van der Waals surface area contributed by atoms with Crippen molar-refractivity contribution in [2.45, 2.75) is 70.7 Å². The molecular weight excluding hydrogens is 314 g/mol. The van der Waals surface area contributed by atoms with Crippen LogP contribution in [0.4, 0.5) is 0 Å². The molecule has 1 aliphatic heterocycles. The smallest absolute Gasteiger partial charge is 0.124 e. The Hall–Kier alpha value is -1.66. The molecule has 136 valence electrons. The van der Waals surface area contributed by atoms with E-state index in [9.17, 15) is 0 Å². The first kappa shape index (κ1) is 16.8. The molecule has 6 heteroatoms. The van der Waals surface area contributed by atoms with Crippen molar-refractivity contribution in [2.75, 3.05) is 13.7 Å². The first-order valence-electron chi connectivity index (χ1n) is 9.48. The zero-order valence-electron chi connectivity index (χ0n) is 15.5. The minimum absolute atomic E-state index is 0.257. The molecule has 2 fully saturated rings. The molecule has 2 aromatic rings. The summed E-state index contributed by atoms with van der Waals surface area (Å²) < 4.78 is 7.83. The third-order valence-corrected chi connectivity index (χ3v) is 5.89. The van der Waals surface area contributed by atoms with Crippen LogP contribution < -0.4 is 0 Å². The van der Waals surface area contributed by atoms with E-state index in [0.29, 0.717) is 6.04 Å². The highest BCUT2D eigenvalue weighted by atomic mass is 16.5. The molecule has 1 aliphatic carbocycles. The predicted octanol–water partition coefficient (Wildman–Crippen LogP) is 3.30. The van der Waals surface area contributed by atoms with Gasteiger partial charge in [0, 0.05) is 32.1 Å². The minimum Gasteiger partial charge on any atom is -0.380 e. The minimum atomic E-state index is 0.257. The zero-order valence-corrected chi connectivity index (χ0v) is 15.5. The van der Waals surface area contributed by atoms with E-state index in [4.69, 9.17) is 14.8 Å². The Morgan fingerprint density at radius 1 is 1.28 bits per heavy atom. The number of imidazole rings is 1. The van der Waals surface area contributed by atoms with Crippen molar-refractivity contribution in [1.29, 1.82) is 0 Å². The number of H-pyrrole nitrogens is 1. The molecule has 0 amide bonds. The van der Waals surface area contributed by atoms with E-state index in [-0.39, 0.29) is 12.1 Å². The van der Waals surface area contributed by atoms with Gasteiger partial charge in [-0.1, -0.05) is 12.8 Å². The molecule has 2 aromatic heterocycles. The molecular formula is C19H29N5O. The lowest BCUT2D eigenvalue weighted by Crippen LogP contribution is -2.25. The number of rotatable bonds is 5. The number of aryl methyl sites for hydroxylation is 2. The average molecular weight is 343 g/mol. The molecule has 0 spiro atoms. The van der Waals surface area contributed by atoms with Gasteiger partial charge in [-0.2, -0.15) is 5.10 Å². The zero-order chi connectivity index (χ0) is 17.4. The van der Waals surface area contributed by atoms with Crippen molar-refractivity contribution in [3.05, 3.63) is 35.2 Å². The van der Waals surface area contributed by atoms with Crippen LogP contribution in [0.5, 0.6) is 0 Å². The van der Waals surface area contributed by atoms with Crippen LogP contribution in [0.1, 0.15) is 67.1 Å². The number of aromatic nitrogens is 4. The van der Waals surface area contributed by atoms with Crippen molar-refractivity contribution < 1.29 is 4.74 Å². The molecule has 1 saturated carbocycles. The maximum absolute atomic E-state index is 5.65. The molecule has 1 N–H and O–H groups in total. The molecule has 0 radical (unpaired) electrons. The van der Waals surface area contributed by atoms with Crippen LogP contribution in [0, 0.1) is 13.8 Å². The highest BCUT2D eigenvalue weighted by molar-refractivity contribution is 5.15. The largest absolute Gasteiger partial charge is 0.380 e. The van der Waals surface area contributed by atoms with E-state index in [1.807, 2.05) is 0 Å². The summed E-state index contributed by atoms with van der Waals surface area (Å²) in [4.78, 5) is 10.7. The molecule has 0 bridgehead atoms. The van der Waals surface area contributed by atoms with Crippen LogP contribution in [0.3, 0.4) is 0 Å². The topological polar surface area (TPSA) is 59.0 Å². The molecule has 2 aliphatic rings. The monoisotopic (exact) mass is 343 g/mol. The van der Waals surface area contributed by atoms with Crippen molar-refractivity contribution >= 4 is 0 Å². The van der Waals surface area contributed by atoms with E-state index in [1.54, 1.807) is 7.11 Å². The Kier molecular flexibility index (Phi) is 4.65. The van der Waals surface area contributed by atoms with Crippen LogP contribution in [-0.2, 0) is 11.3 Å². The second-order valence-electron chi connectivity index (χ2n) is 7.60. The van der Waals surface area contributed by atoms with Gasteiger partial charge >= 0.3 is 0 Å². The van der Waals surface area contributed by atoms with Gasteiger partial charge in [-0.15, -0.1) is 0 Å². The summed E-state index contributed by atoms with van der Waals surface area (Å²) in [5.41, 5.74) is 3.39. The van der Waals surface area contributed by atoms with E-state index in [0.717, 1.165) is 42.4 Å². The van der Waals surface area contributed by atoms with Crippen molar-refractivity contribution in [3.8, 4) is 0 Å². The Balaban J connectivity index is 1.50. The van der Waals surface area contributed by atoms with E-state index < -0.39 is 0 Å². The van der Waals surface area contributed by atoms with Crippen LogP contribution >= 0.6 is 0 Å². The highest BCUT2D eigenvalue weighted by Gasteiger charge is 2.35. The quantitative estimate of drug-likeness (QED) is 0.905. The Morgan fingerprint density at radius 3 is 2.76 bits per heavy atom. The number of hydrogen-bond acceptors (Lipinski definition) is 4. The standard InChI is InChI=1S/C19H29N5O/c1-13-14(2)21-19(20-13)18-10-17(25-3)12-23(18)11-15-8-9-24(22-15)16-6-4-5-7-16/h8-9,16-18H,4-7,10-12H2,1-3H3,(H,20,21)/t17-,18+/m1/s1. The lowest BCUT2D eigenvalue weighted by Gasteiger charge is -2.21. The Morgan fingerprint density at radius 2 is 2.08 bits per heavy atom. The van der Waals surface area contributed by atoms with Gasteiger partial charge in [0.1, 0.15) is 5.82 Å². The summed E-state index contributed by atoms with van der Waals surface area (Å²) in [5, 5.41) is 4.86. The summed E-state index contributed by atoms with van der Waals surface area (Å²) in [5.74, 6) is 1.06. The van der Waals surface area contributed by atoms with Crippen molar-refractivity contribution in [1.82, 2.24) is 24.6 Å². The second-order valence-corrected chi connectivity index (χ2v) is 7.60. The molecule has 6 nitrogen and oxygen atoms in total. The maximum Gasteiger partial charge on any atom is 0.124 e. The van der Waals surface area contributed by atoms with Gasteiger partial charge in [-0.25, -0.2) is 4.98 Å². The predicted molar refractivity (Wildman–Crippen MR) is 96.4 cm³/mol. The third kappa shape index (κ3) is 3.37. The fraction of sp³-hybridized carbons (Fsp3) is 0.684. The average Bonchev–Trinajstić information content (AvgIpc) is 3.36. The molecule has 2 atom stereocenters. The molecule has 0 aromatic carbocycles. The van der Waals surface area contributed by atoms with Crippen LogP contribution in [0.25, 0.3) is 0 Å². The molecule has 4 rings (SSSR count). The number of ether oxygens (including phenoxy) is 1. The number of hydrogen-bond donors (Lipinski definition) is 1. The number of aromatic amines is 1. The summed E-state index contributed by atoms with van der Waals surface area (Å²) in [6.45, 7) is 5.92. The van der Waals surface area contributed by atoms with Gasteiger partial charge < -0.3 is 9.72 Å². The number of nitrogens with zero attached hydrogens (tertiary/aromatic N) is 4. The normalized spacial score (nSPS) is 25.2. The number of methoxy groups -OCH3 is 1. The van der Waals surface area contributed by atoms with Gasteiger partial charge in [0.05, 0.1) is 29.6 Å². The fourth-order valence-corrected chi connectivity index (χ4v) is 4.27. The van der Waals surface area contributed by atoms with Crippen molar-refractivity contribution in [2.24, 2.45) is 0 Å². The van der Waals surface area contributed by atoms with Gasteiger partial charge in [-0.05, 0) is 39.2 Å². The summed E-state index contributed by atoms with van der Waals surface area (Å²) in [7, 11) is 1.80. The lowest BCUT2D eigenvalue weighted by molar-refractivity contribution is 0.107. The Labute approximate surface area is 149 Å². The summed E-state index contributed by atoms with van der Waals surface area (Å²) >= 11 is 0. The summed E-state index contributed by atoms with van der Waals surface area (Å²) in [6.07, 6.45) is 8.60. The molecule has 0 unspecified atom stereocenters.